The number of nitro groups is 1. The summed E-state index contributed by atoms with van der Waals surface area (Å²) in [6.07, 6.45) is 2.84. The summed E-state index contributed by atoms with van der Waals surface area (Å²) in [6.45, 7) is 2.91. The quantitative estimate of drug-likeness (QED) is 0.616. The van der Waals surface area contributed by atoms with E-state index in [2.05, 4.69) is 4.98 Å². The second kappa shape index (κ2) is 6.29. The van der Waals surface area contributed by atoms with Crippen molar-refractivity contribution in [2.75, 3.05) is 10.8 Å². The topological polar surface area (TPSA) is 93.4 Å². The van der Waals surface area contributed by atoms with Crippen molar-refractivity contribution in [3.63, 3.8) is 0 Å². The lowest BCUT2D eigenvalue weighted by Gasteiger charge is -2.22. The number of hydrogen-bond donors (Lipinski definition) is 0. The maximum absolute atomic E-state index is 13.9. The van der Waals surface area contributed by atoms with Crippen LogP contribution in [-0.4, -0.2) is 24.9 Å². The van der Waals surface area contributed by atoms with Gasteiger partial charge in [0.15, 0.2) is 0 Å². The number of aromatic nitrogens is 1. The molecule has 0 aliphatic rings. The number of sulfonamides is 1. The summed E-state index contributed by atoms with van der Waals surface area (Å²) in [7, 11) is -4.14. The van der Waals surface area contributed by atoms with E-state index in [4.69, 9.17) is 0 Å². The molecule has 1 aromatic heterocycles. The van der Waals surface area contributed by atoms with E-state index in [1.165, 1.54) is 31.5 Å². The fraction of sp³-hybridized carbons (Fsp3) is 0.214. The SMILES string of the molecule is CCN(c1ccncc1)S(=O)(=O)c1cc(F)c(C)c([N+](=O)[O-])c1. The van der Waals surface area contributed by atoms with E-state index in [9.17, 15) is 22.9 Å². The van der Waals surface area contributed by atoms with E-state index < -0.39 is 31.3 Å². The van der Waals surface area contributed by atoms with Crippen molar-refractivity contribution in [3.05, 3.63) is 58.2 Å². The minimum atomic E-state index is -4.14. The monoisotopic (exact) mass is 339 g/mol. The van der Waals surface area contributed by atoms with Gasteiger partial charge in [0, 0.05) is 25.0 Å². The molecule has 0 spiro atoms. The van der Waals surface area contributed by atoms with Crippen LogP contribution < -0.4 is 4.31 Å². The predicted molar refractivity (Wildman–Crippen MR) is 82.2 cm³/mol. The van der Waals surface area contributed by atoms with Crippen LogP contribution in [0.2, 0.25) is 0 Å². The van der Waals surface area contributed by atoms with Crippen molar-refractivity contribution >= 4 is 21.4 Å². The molecule has 1 aromatic carbocycles. The van der Waals surface area contributed by atoms with Gasteiger partial charge in [0.1, 0.15) is 5.82 Å². The van der Waals surface area contributed by atoms with Crippen molar-refractivity contribution in [2.45, 2.75) is 18.7 Å². The molecule has 0 saturated heterocycles. The van der Waals surface area contributed by atoms with Crippen LogP contribution >= 0.6 is 0 Å². The molecule has 0 radical (unpaired) electrons. The Labute approximate surface area is 132 Å². The Morgan fingerprint density at radius 2 is 1.91 bits per heavy atom. The molecule has 2 aromatic rings. The molecule has 1 heterocycles. The van der Waals surface area contributed by atoms with Gasteiger partial charge in [0.2, 0.25) is 0 Å². The van der Waals surface area contributed by atoms with Gasteiger partial charge in [-0.1, -0.05) is 0 Å². The van der Waals surface area contributed by atoms with Gasteiger partial charge in [-0.15, -0.1) is 0 Å². The maximum Gasteiger partial charge on any atom is 0.276 e. The van der Waals surface area contributed by atoms with Crippen LogP contribution in [0.5, 0.6) is 0 Å². The van der Waals surface area contributed by atoms with Crippen LogP contribution in [-0.2, 0) is 10.0 Å². The number of anilines is 1. The number of benzene rings is 1. The van der Waals surface area contributed by atoms with Gasteiger partial charge >= 0.3 is 0 Å². The third kappa shape index (κ3) is 3.14. The average Bonchev–Trinajstić information content (AvgIpc) is 2.51. The highest BCUT2D eigenvalue weighted by Gasteiger charge is 2.28. The summed E-state index contributed by atoms with van der Waals surface area (Å²) in [5.74, 6) is -0.941. The van der Waals surface area contributed by atoms with Crippen molar-refractivity contribution in [1.29, 1.82) is 0 Å². The van der Waals surface area contributed by atoms with Crippen LogP contribution in [0.25, 0.3) is 0 Å². The lowest BCUT2D eigenvalue weighted by atomic mass is 10.2. The fourth-order valence-electron chi connectivity index (χ4n) is 2.11. The lowest BCUT2D eigenvalue weighted by Crippen LogP contribution is -2.31. The molecule has 122 valence electrons. The molecule has 0 fully saturated rings. The maximum atomic E-state index is 13.9. The first-order valence-corrected chi connectivity index (χ1v) is 8.10. The van der Waals surface area contributed by atoms with Crippen LogP contribution in [0.3, 0.4) is 0 Å². The van der Waals surface area contributed by atoms with Crippen LogP contribution in [0.1, 0.15) is 12.5 Å². The first-order valence-electron chi connectivity index (χ1n) is 6.66. The van der Waals surface area contributed by atoms with Gasteiger partial charge in [-0.05, 0) is 32.0 Å². The second-order valence-electron chi connectivity index (χ2n) is 4.68. The number of halogens is 1. The van der Waals surface area contributed by atoms with E-state index in [0.29, 0.717) is 5.69 Å². The van der Waals surface area contributed by atoms with Crippen LogP contribution in [0.4, 0.5) is 15.8 Å². The molecule has 0 atom stereocenters. The largest absolute Gasteiger partial charge is 0.276 e. The minimum Gasteiger partial charge on any atom is -0.267 e. The number of nitro benzene ring substituents is 1. The smallest absolute Gasteiger partial charge is 0.267 e. The molecule has 0 unspecified atom stereocenters. The van der Waals surface area contributed by atoms with Gasteiger partial charge in [-0.25, -0.2) is 12.8 Å². The zero-order valence-electron chi connectivity index (χ0n) is 12.4. The highest BCUT2D eigenvalue weighted by molar-refractivity contribution is 7.92. The molecular formula is C14H14FN3O4S. The molecule has 23 heavy (non-hydrogen) atoms. The van der Waals surface area contributed by atoms with Gasteiger partial charge in [-0.2, -0.15) is 0 Å². The number of rotatable bonds is 5. The zero-order chi connectivity index (χ0) is 17.2. The Morgan fingerprint density at radius 3 is 2.43 bits per heavy atom. The molecule has 9 heteroatoms. The Morgan fingerprint density at radius 1 is 1.30 bits per heavy atom. The van der Waals surface area contributed by atoms with E-state index >= 15 is 0 Å². The summed E-state index contributed by atoms with van der Waals surface area (Å²) >= 11 is 0. The molecule has 0 aliphatic heterocycles. The minimum absolute atomic E-state index is 0.0790. The first kappa shape index (κ1) is 16.8. The second-order valence-corrected chi connectivity index (χ2v) is 6.54. The Hall–Kier alpha value is -2.55. The zero-order valence-corrected chi connectivity index (χ0v) is 13.2. The highest BCUT2D eigenvalue weighted by Crippen LogP contribution is 2.29. The average molecular weight is 339 g/mol. The standard InChI is InChI=1S/C14H14FN3O4S/c1-3-17(11-4-6-16-7-5-11)23(21,22)12-8-13(15)10(2)14(9-12)18(19)20/h4-9H,3H2,1-2H3. The first-order chi connectivity index (χ1) is 10.8. The van der Waals surface area contributed by atoms with Gasteiger partial charge in [0.05, 0.1) is 21.1 Å². The van der Waals surface area contributed by atoms with E-state index in [0.717, 1.165) is 16.4 Å². The van der Waals surface area contributed by atoms with Crippen LogP contribution in [0, 0.1) is 22.9 Å². The Balaban J connectivity index is 2.61. The molecule has 2 rings (SSSR count). The highest BCUT2D eigenvalue weighted by atomic mass is 32.2. The normalized spacial score (nSPS) is 11.3. The third-order valence-corrected chi connectivity index (χ3v) is 5.19. The van der Waals surface area contributed by atoms with Crippen molar-refractivity contribution < 1.29 is 17.7 Å². The molecule has 0 saturated carbocycles. The number of pyridine rings is 1. The van der Waals surface area contributed by atoms with E-state index in [1.54, 1.807) is 6.92 Å². The van der Waals surface area contributed by atoms with Gasteiger partial charge in [0.25, 0.3) is 15.7 Å². The lowest BCUT2D eigenvalue weighted by molar-refractivity contribution is -0.385. The molecule has 0 aliphatic carbocycles. The molecular weight excluding hydrogens is 325 g/mol. The molecule has 0 bridgehead atoms. The summed E-state index contributed by atoms with van der Waals surface area (Å²) in [5, 5.41) is 11.0. The van der Waals surface area contributed by atoms with Gasteiger partial charge < -0.3 is 0 Å². The van der Waals surface area contributed by atoms with Crippen molar-refractivity contribution in [3.8, 4) is 0 Å². The summed E-state index contributed by atoms with van der Waals surface area (Å²) < 4.78 is 40.4. The summed E-state index contributed by atoms with van der Waals surface area (Å²) in [5.41, 5.74) is -0.443. The number of hydrogen-bond acceptors (Lipinski definition) is 5. The Bertz CT molecular complexity index is 841. The van der Waals surface area contributed by atoms with Crippen molar-refractivity contribution in [1.82, 2.24) is 4.98 Å². The fourth-order valence-corrected chi connectivity index (χ4v) is 3.61. The van der Waals surface area contributed by atoms with Crippen LogP contribution in [0.15, 0.2) is 41.6 Å². The molecule has 0 amide bonds. The Kier molecular flexibility index (Phi) is 4.60. The predicted octanol–water partition coefficient (Wildman–Crippen LogP) is 2.65. The summed E-state index contributed by atoms with van der Waals surface area (Å²) in [6, 6.07) is 4.64. The number of nitrogens with zero attached hydrogens (tertiary/aromatic N) is 3. The van der Waals surface area contributed by atoms with E-state index in [-0.39, 0.29) is 12.1 Å². The van der Waals surface area contributed by atoms with Gasteiger partial charge in [-0.3, -0.25) is 19.4 Å². The van der Waals surface area contributed by atoms with Crippen molar-refractivity contribution in [2.24, 2.45) is 0 Å². The summed E-state index contributed by atoms with van der Waals surface area (Å²) in [4.78, 5) is 13.5. The molecule has 7 nitrogen and oxygen atoms in total. The van der Waals surface area contributed by atoms with E-state index in [1.807, 2.05) is 0 Å². The molecule has 0 N–H and O–H groups in total. The third-order valence-electron chi connectivity index (χ3n) is 3.31.